The van der Waals surface area contributed by atoms with Crippen molar-refractivity contribution in [2.45, 2.75) is 12.8 Å². The van der Waals surface area contributed by atoms with Crippen LogP contribution in [0.25, 0.3) is 0 Å². The lowest BCUT2D eigenvalue weighted by molar-refractivity contribution is 0.00483. The first-order valence-corrected chi connectivity index (χ1v) is 8.36. The number of halogens is 2. The smallest absolute Gasteiger partial charge is 0.120 e. The molecule has 0 aromatic heterocycles. The average Bonchev–Trinajstić information content (AvgIpc) is 2.48. The minimum absolute atomic E-state index is 0.549. The zero-order chi connectivity index (χ0) is 14.7. The maximum atomic E-state index is 6.00. The Hall–Kier alpha value is -0.480. The van der Waals surface area contributed by atoms with Gasteiger partial charge in [-0.2, -0.15) is 0 Å². The van der Waals surface area contributed by atoms with Crippen LogP contribution in [0.15, 0.2) is 18.2 Å². The highest BCUT2D eigenvalue weighted by Gasteiger charge is 2.33. The fourth-order valence-electron chi connectivity index (χ4n) is 2.98. The zero-order valence-electron chi connectivity index (χ0n) is 12.1. The third-order valence-electron chi connectivity index (χ3n) is 4.53. The Morgan fingerprint density at radius 2 is 1.86 bits per heavy atom. The van der Waals surface area contributed by atoms with Crippen molar-refractivity contribution >= 4 is 23.2 Å². The molecular weight excluding hydrogens is 309 g/mol. The van der Waals surface area contributed by atoms with E-state index in [1.165, 1.54) is 19.4 Å². The van der Waals surface area contributed by atoms with Crippen molar-refractivity contribution in [3.8, 4) is 5.75 Å². The van der Waals surface area contributed by atoms with Crippen LogP contribution in [0, 0.1) is 11.8 Å². The molecular formula is C16H21Cl2NO2. The second kappa shape index (κ2) is 7.19. The second-order valence-electron chi connectivity index (χ2n) is 5.90. The minimum atomic E-state index is 0.549. The number of morpholine rings is 1. The summed E-state index contributed by atoms with van der Waals surface area (Å²) >= 11 is 11.9. The normalized spacial score (nSPS) is 26.4. The second-order valence-corrected chi connectivity index (χ2v) is 6.71. The number of rotatable bonds is 5. The first-order chi connectivity index (χ1) is 10.2. The van der Waals surface area contributed by atoms with Gasteiger partial charge < -0.3 is 9.47 Å². The SMILES string of the molecule is Clc1ccc(OC[C@@H]2CC[C@@H]2CN2CCOCC2)cc1Cl. The lowest BCUT2D eigenvalue weighted by atomic mass is 9.74. The van der Waals surface area contributed by atoms with E-state index in [1.807, 2.05) is 6.07 Å². The molecule has 0 radical (unpaired) electrons. The summed E-state index contributed by atoms with van der Waals surface area (Å²) < 4.78 is 11.3. The summed E-state index contributed by atoms with van der Waals surface area (Å²) in [6.45, 7) is 5.83. The molecule has 1 saturated heterocycles. The Balaban J connectivity index is 1.45. The van der Waals surface area contributed by atoms with Crippen LogP contribution < -0.4 is 4.74 Å². The van der Waals surface area contributed by atoms with E-state index < -0.39 is 0 Å². The van der Waals surface area contributed by atoms with E-state index in [0.29, 0.717) is 16.0 Å². The van der Waals surface area contributed by atoms with E-state index in [-0.39, 0.29) is 0 Å². The largest absolute Gasteiger partial charge is 0.493 e. The first-order valence-electron chi connectivity index (χ1n) is 7.60. The number of benzene rings is 1. The standard InChI is InChI=1S/C16H21Cl2NO2/c17-15-4-3-14(9-16(15)18)21-11-13-2-1-12(13)10-19-5-7-20-8-6-19/h3-4,9,12-13H,1-2,5-8,10-11H2/t12-,13+/m1/s1. The summed E-state index contributed by atoms with van der Waals surface area (Å²) in [4.78, 5) is 2.51. The molecule has 2 atom stereocenters. The van der Waals surface area contributed by atoms with Gasteiger partial charge in [-0.3, -0.25) is 4.90 Å². The van der Waals surface area contributed by atoms with Gasteiger partial charge in [-0.1, -0.05) is 23.2 Å². The topological polar surface area (TPSA) is 21.7 Å². The van der Waals surface area contributed by atoms with E-state index >= 15 is 0 Å². The van der Waals surface area contributed by atoms with Gasteiger partial charge in [0, 0.05) is 25.7 Å². The molecule has 1 aromatic carbocycles. The molecule has 116 valence electrons. The maximum Gasteiger partial charge on any atom is 0.120 e. The molecule has 2 aliphatic rings. The van der Waals surface area contributed by atoms with Gasteiger partial charge in [-0.15, -0.1) is 0 Å². The molecule has 1 aliphatic carbocycles. The van der Waals surface area contributed by atoms with Crippen LogP contribution in [-0.4, -0.2) is 44.4 Å². The average molecular weight is 330 g/mol. The molecule has 3 rings (SSSR count). The molecule has 0 bridgehead atoms. The number of nitrogens with zero attached hydrogens (tertiary/aromatic N) is 1. The summed E-state index contributed by atoms with van der Waals surface area (Å²) in [7, 11) is 0. The van der Waals surface area contributed by atoms with Crippen LogP contribution in [-0.2, 0) is 4.74 Å². The quantitative estimate of drug-likeness (QED) is 0.821. The number of hydrogen-bond acceptors (Lipinski definition) is 3. The molecule has 3 nitrogen and oxygen atoms in total. The van der Waals surface area contributed by atoms with Crippen molar-refractivity contribution in [2.24, 2.45) is 11.8 Å². The van der Waals surface area contributed by atoms with Crippen molar-refractivity contribution in [2.75, 3.05) is 39.5 Å². The zero-order valence-corrected chi connectivity index (χ0v) is 13.6. The van der Waals surface area contributed by atoms with Gasteiger partial charge in [-0.05, 0) is 36.8 Å². The third kappa shape index (κ3) is 4.04. The van der Waals surface area contributed by atoms with Gasteiger partial charge in [0.1, 0.15) is 5.75 Å². The van der Waals surface area contributed by atoms with Crippen molar-refractivity contribution in [3.63, 3.8) is 0 Å². The molecule has 21 heavy (non-hydrogen) atoms. The summed E-state index contributed by atoms with van der Waals surface area (Å²) in [5, 5.41) is 1.12. The van der Waals surface area contributed by atoms with Gasteiger partial charge in [0.05, 0.1) is 29.9 Å². The Morgan fingerprint density at radius 1 is 1.10 bits per heavy atom. The van der Waals surface area contributed by atoms with Crippen LogP contribution in [0.2, 0.25) is 10.0 Å². The van der Waals surface area contributed by atoms with Crippen molar-refractivity contribution in [3.05, 3.63) is 28.2 Å². The van der Waals surface area contributed by atoms with E-state index in [1.54, 1.807) is 12.1 Å². The monoisotopic (exact) mass is 329 g/mol. The van der Waals surface area contributed by atoms with Crippen molar-refractivity contribution in [1.29, 1.82) is 0 Å². The summed E-state index contributed by atoms with van der Waals surface area (Å²) in [6.07, 6.45) is 2.57. The Labute approximate surface area is 136 Å². The molecule has 2 fully saturated rings. The number of ether oxygens (including phenoxy) is 2. The summed E-state index contributed by atoms with van der Waals surface area (Å²) in [6, 6.07) is 5.45. The fraction of sp³-hybridized carbons (Fsp3) is 0.625. The third-order valence-corrected chi connectivity index (χ3v) is 5.27. The number of hydrogen-bond donors (Lipinski definition) is 0. The van der Waals surface area contributed by atoms with Gasteiger partial charge in [0.15, 0.2) is 0 Å². The molecule has 1 aromatic rings. The summed E-state index contributed by atoms with van der Waals surface area (Å²) in [5.74, 6) is 2.22. The maximum absolute atomic E-state index is 6.00. The lowest BCUT2D eigenvalue weighted by Gasteiger charge is -2.40. The van der Waals surface area contributed by atoms with Gasteiger partial charge in [0.2, 0.25) is 0 Å². The highest BCUT2D eigenvalue weighted by molar-refractivity contribution is 6.42. The molecule has 1 aliphatic heterocycles. The van der Waals surface area contributed by atoms with Crippen LogP contribution in [0.3, 0.4) is 0 Å². The van der Waals surface area contributed by atoms with Crippen molar-refractivity contribution in [1.82, 2.24) is 4.90 Å². The molecule has 0 amide bonds. The van der Waals surface area contributed by atoms with E-state index in [4.69, 9.17) is 32.7 Å². The predicted octanol–water partition coefficient (Wildman–Crippen LogP) is 3.73. The molecule has 0 spiro atoms. The van der Waals surface area contributed by atoms with Crippen LogP contribution in [0.5, 0.6) is 5.75 Å². The highest BCUT2D eigenvalue weighted by atomic mass is 35.5. The van der Waals surface area contributed by atoms with Crippen LogP contribution >= 0.6 is 23.2 Å². The van der Waals surface area contributed by atoms with Crippen LogP contribution in [0.4, 0.5) is 0 Å². The Kier molecular flexibility index (Phi) is 5.28. The molecule has 0 unspecified atom stereocenters. The van der Waals surface area contributed by atoms with E-state index in [9.17, 15) is 0 Å². The van der Waals surface area contributed by atoms with E-state index in [0.717, 1.165) is 44.6 Å². The lowest BCUT2D eigenvalue weighted by Crippen LogP contribution is -2.44. The molecule has 1 heterocycles. The van der Waals surface area contributed by atoms with Gasteiger partial charge in [-0.25, -0.2) is 0 Å². The summed E-state index contributed by atoms with van der Waals surface area (Å²) in [5.41, 5.74) is 0. The molecule has 5 heteroatoms. The van der Waals surface area contributed by atoms with Gasteiger partial charge >= 0.3 is 0 Å². The van der Waals surface area contributed by atoms with E-state index in [2.05, 4.69) is 4.90 Å². The molecule has 1 saturated carbocycles. The van der Waals surface area contributed by atoms with Crippen LogP contribution in [0.1, 0.15) is 12.8 Å². The Bertz CT molecular complexity index is 477. The Morgan fingerprint density at radius 3 is 2.52 bits per heavy atom. The first kappa shape index (κ1) is 15.4. The van der Waals surface area contributed by atoms with Gasteiger partial charge in [0.25, 0.3) is 0 Å². The predicted molar refractivity (Wildman–Crippen MR) is 85.4 cm³/mol. The molecule has 0 N–H and O–H groups in total. The minimum Gasteiger partial charge on any atom is -0.493 e. The highest BCUT2D eigenvalue weighted by Crippen LogP contribution is 2.36. The van der Waals surface area contributed by atoms with Crippen molar-refractivity contribution < 1.29 is 9.47 Å². The fourth-order valence-corrected chi connectivity index (χ4v) is 3.27.